The highest BCUT2D eigenvalue weighted by Crippen LogP contribution is 2.53. The number of phosphoric acid groups is 1. The summed E-state index contributed by atoms with van der Waals surface area (Å²) in [7, 11) is -4.74. The fraction of sp³-hybridized carbons (Fsp3) is 0.514. The van der Waals surface area contributed by atoms with Gasteiger partial charge in [-0.25, -0.2) is 13.9 Å². The molecule has 18 nitrogen and oxygen atoms in total. The minimum Gasteiger partial charge on any atom is -0.463 e. The fourth-order valence-electron chi connectivity index (χ4n) is 5.91. The van der Waals surface area contributed by atoms with Gasteiger partial charge in [0.25, 0.3) is 0 Å². The molecule has 0 saturated carbocycles. The van der Waals surface area contributed by atoms with Crippen LogP contribution in [0.25, 0.3) is 0 Å². The van der Waals surface area contributed by atoms with Crippen molar-refractivity contribution in [2.45, 2.75) is 103 Å². The lowest BCUT2D eigenvalue weighted by Gasteiger charge is -2.48. The largest absolute Gasteiger partial charge is 0.590 e. The fourth-order valence-corrected chi connectivity index (χ4v) is 7.21. The zero-order chi connectivity index (χ0) is 39.6. The van der Waals surface area contributed by atoms with E-state index in [4.69, 9.17) is 57.2 Å². The molecule has 2 aromatic carbocycles. The molecule has 54 heavy (non-hydrogen) atoms. The van der Waals surface area contributed by atoms with E-state index in [0.717, 1.165) is 27.7 Å². The van der Waals surface area contributed by atoms with E-state index in [9.17, 15) is 28.5 Å². The Morgan fingerprint density at radius 1 is 0.648 bits per heavy atom. The zero-order valence-electron chi connectivity index (χ0n) is 30.4. The summed E-state index contributed by atoms with van der Waals surface area (Å²) in [5.41, 5.74) is 5.32. The normalized spacial score (nSPS) is 28.1. The third-order valence-corrected chi connectivity index (χ3v) is 9.39. The molecular weight excluding hydrogens is 737 g/mol. The number of ether oxygens (including phenoxy) is 8. The molecule has 2 fully saturated rings. The van der Waals surface area contributed by atoms with Crippen LogP contribution in [0, 0.1) is 5.92 Å². The van der Waals surface area contributed by atoms with Gasteiger partial charge in [-0.3, -0.25) is 19.2 Å². The molecule has 0 aliphatic carbocycles. The average molecular weight is 782 g/mol. The highest BCUT2D eigenvalue weighted by molar-refractivity contribution is 7.49. The van der Waals surface area contributed by atoms with E-state index in [1.165, 1.54) is 24.3 Å². The van der Waals surface area contributed by atoms with Gasteiger partial charge in [0.15, 0.2) is 24.6 Å². The third-order valence-electron chi connectivity index (χ3n) is 8.05. The molecule has 10 atom stereocenters. The first-order chi connectivity index (χ1) is 25.6. The Bertz CT molecular complexity index is 1600. The number of para-hydroxylation sites is 2. The molecule has 2 aliphatic rings. The van der Waals surface area contributed by atoms with Gasteiger partial charge < -0.3 is 52.7 Å². The summed E-state index contributed by atoms with van der Waals surface area (Å²) in [5.74, 6) is -3.71. The van der Waals surface area contributed by atoms with E-state index in [-0.39, 0.29) is 11.5 Å². The maximum absolute atomic E-state index is 14.6. The van der Waals surface area contributed by atoms with Crippen LogP contribution < -0.4 is 14.8 Å². The van der Waals surface area contributed by atoms with Gasteiger partial charge in [-0.1, -0.05) is 50.2 Å². The molecule has 0 bridgehead atoms. The molecule has 2 heterocycles. The maximum Gasteiger partial charge on any atom is 0.590 e. The first kappa shape index (κ1) is 42.0. The minimum absolute atomic E-state index is 0.102. The Morgan fingerprint density at radius 2 is 1.15 bits per heavy atom. The van der Waals surface area contributed by atoms with Crippen LogP contribution in [-0.2, 0) is 66.2 Å². The molecule has 0 unspecified atom stereocenters. The molecule has 0 aromatic heterocycles. The second-order valence-corrected chi connectivity index (χ2v) is 13.7. The molecule has 0 spiro atoms. The molecule has 0 radical (unpaired) electrons. The average Bonchev–Trinajstić information content (AvgIpc) is 3.09. The van der Waals surface area contributed by atoms with E-state index in [1.807, 2.05) is 0 Å². The molecule has 4 rings (SSSR count). The number of esters is 4. The predicted molar refractivity (Wildman–Crippen MR) is 182 cm³/mol. The van der Waals surface area contributed by atoms with E-state index < -0.39 is 106 Å². The molecule has 2 aromatic rings. The number of rotatable bonds is 15. The van der Waals surface area contributed by atoms with Crippen molar-refractivity contribution < 1.29 is 80.0 Å². The zero-order valence-corrected chi connectivity index (χ0v) is 31.3. The summed E-state index contributed by atoms with van der Waals surface area (Å²) in [6, 6.07) is 16.0. The number of amides is 1. The van der Waals surface area contributed by atoms with Crippen LogP contribution in [0.4, 0.5) is 4.79 Å². The minimum atomic E-state index is -4.74. The first-order valence-electron chi connectivity index (χ1n) is 16.9. The number of carbonyl (C=O) groups is 5. The number of benzene rings is 2. The lowest BCUT2D eigenvalue weighted by atomic mass is 9.89. The summed E-state index contributed by atoms with van der Waals surface area (Å²) in [6.45, 7) is 7.27. The molecular formula is C35H44NO17P. The van der Waals surface area contributed by atoms with E-state index in [2.05, 4.69) is 0 Å². The van der Waals surface area contributed by atoms with Crippen molar-refractivity contribution in [1.82, 2.24) is 0 Å². The van der Waals surface area contributed by atoms with Gasteiger partial charge in [-0.15, -0.1) is 0 Å². The maximum atomic E-state index is 14.6. The van der Waals surface area contributed by atoms with Gasteiger partial charge >= 0.3 is 37.8 Å². The number of nitrogens with two attached hydrogens (primary N) is 1. The lowest BCUT2D eigenvalue weighted by molar-refractivity contribution is -0.354. The SMILES string of the molecule is CC[C@@H]1O[C@H](OP(=O)(Oc2ccccc2)Oc2ccccc2)[C@@H](O[C@H]2O[C@H](COC(C)=O)[C@@H](OC(N)=O)[C@H](OC(C)=O)[C@@H]2OC(C)=O)[C@@H](OC(C)=O)[C@@H]1C. The first-order valence-corrected chi connectivity index (χ1v) is 18.4. The van der Waals surface area contributed by atoms with Crippen molar-refractivity contribution in [2.75, 3.05) is 6.61 Å². The van der Waals surface area contributed by atoms with Crippen molar-refractivity contribution in [1.29, 1.82) is 0 Å². The van der Waals surface area contributed by atoms with Gasteiger partial charge in [0.1, 0.15) is 36.4 Å². The molecule has 2 aliphatic heterocycles. The van der Waals surface area contributed by atoms with Crippen molar-refractivity contribution in [3.8, 4) is 11.5 Å². The van der Waals surface area contributed by atoms with Crippen LogP contribution in [-0.4, -0.2) is 91.9 Å². The summed E-state index contributed by atoms with van der Waals surface area (Å²) in [4.78, 5) is 61.3. The molecule has 1 amide bonds. The molecule has 296 valence electrons. The Labute approximate surface area is 311 Å². The van der Waals surface area contributed by atoms with Gasteiger partial charge in [0, 0.05) is 33.6 Å². The topological polar surface area (TPSA) is 230 Å². The summed E-state index contributed by atoms with van der Waals surface area (Å²) in [6.07, 6.45) is -14.4. The standard InChI is InChI=1S/C35H44NO17P/c1-7-26-19(2)28(44-21(4)38)31(34(47-26)53-54(42,51-24-14-10-8-11-15-24)52-25-16-12-9-13-17-25)49-33-32(46-23(6)40)30(45-22(5)39)29(50-35(36)41)27(48-33)18-43-20(3)37/h8-17,19,26-34H,7,18H2,1-6H3,(H2,36,41)/t19-,26+,27-,28+,29-,30+,31+,32+,33-,34-/m1/s1. The third kappa shape index (κ3) is 11.6. The number of hydrogen-bond acceptors (Lipinski definition) is 17. The predicted octanol–water partition coefficient (Wildman–Crippen LogP) is 3.97. The van der Waals surface area contributed by atoms with Crippen molar-refractivity contribution in [3.63, 3.8) is 0 Å². The molecule has 2 saturated heterocycles. The van der Waals surface area contributed by atoms with Crippen molar-refractivity contribution >= 4 is 37.8 Å². The Morgan fingerprint density at radius 3 is 1.63 bits per heavy atom. The quantitative estimate of drug-likeness (QED) is 0.153. The van der Waals surface area contributed by atoms with Gasteiger partial charge in [-0.2, -0.15) is 0 Å². The smallest absolute Gasteiger partial charge is 0.463 e. The second kappa shape index (κ2) is 19.0. The van der Waals surface area contributed by atoms with E-state index >= 15 is 0 Å². The van der Waals surface area contributed by atoms with Crippen LogP contribution >= 0.6 is 7.82 Å². The number of hydrogen-bond donors (Lipinski definition) is 1. The molecule has 2 N–H and O–H groups in total. The van der Waals surface area contributed by atoms with Crippen molar-refractivity contribution in [3.05, 3.63) is 60.7 Å². The number of primary amides is 1. The van der Waals surface area contributed by atoms with Crippen LogP contribution in [0.2, 0.25) is 0 Å². The van der Waals surface area contributed by atoms with E-state index in [0.29, 0.717) is 6.42 Å². The highest BCUT2D eigenvalue weighted by atomic mass is 31.2. The second-order valence-electron chi connectivity index (χ2n) is 12.2. The van der Waals surface area contributed by atoms with Gasteiger partial charge in [-0.05, 0) is 30.7 Å². The molecule has 19 heteroatoms. The Kier molecular flexibility index (Phi) is 14.8. The highest BCUT2D eigenvalue weighted by Gasteiger charge is 2.57. The van der Waals surface area contributed by atoms with Gasteiger partial charge in [0.2, 0.25) is 6.29 Å². The Hall–Kier alpha value is -4.74. The Balaban J connectivity index is 1.83. The van der Waals surface area contributed by atoms with Crippen LogP contribution in [0.1, 0.15) is 48.0 Å². The van der Waals surface area contributed by atoms with Crippen molar-refractivity contribution in [2.24, 2.45) is 11.7 Å². The lowest BCUT2D eigenvalue weighted by Crippen LogP contribution is -2.65. The number of phosphoric ester groups is 1. The van der Waals surface area contributed by atoms with E-state index in [1.54, 1.807) is 50.2 Å². The van der Waals surface area contributed by atoms with Crippen LogP contribution in [0.15, 0.2) is 60.7 Å². The van der Waals surface area contributed by atoms with Gasteiger partial charge in [0.05, 0.1) is 6.10 Å². The number of carbonyl (C=O) groups excluding carboxylic acids is 5. The summed E-state index contributed by atoms with van der Waals surface area (Å²) >= 11 is 0. The van der Waals surface area contributed by atoms with Crippen LogP contribution in [0.5, 0.6) is 11.5 Å². The van der Waals surface area contributed by atoms with Crippen LogP contribution in [0.3, 0.4) is 0 Å². The monoisotopic (exact) mass is 781 g/mol. The summed E-state index contributed by atoms with van der Waals surface area (Å²) in [5, 5.41) is 0. The summed E-state index contributed by atoms with van der Waals surface area (Å²) < 4.78 is 78.3.